The number of benzene rings is 1. The molecule has 2 heterocycles. The summed E-state index contributed by atoms with van der Waals surface area (Å²) in [5.74, 6) is 0.200. The van der Waals surface area contributed by atoms with E-state index in [4.69, 9.17) is 16.0 Å². The quantitative estimate of drug-likeness (QED) is 0.547. The molecule has 3 aromatic rings. The van der Waals surface area contributed by atoms with Gasteiger partial charge in [-0.25, -0.2) is 10.1 Å². The molecule has 0 saturated carbocycles. The minimum absolute atomic E-state index is 0.340. The summed E-state index contributed by atoms with van der Waals surface area (Å²) < 4.78 is 6.82. The van der Waals surface area contributed by atoms with Crippen LogP contribution in [0.3, 0.4) is 0 Å². The molecule has 1 aromatic carbocycles. The first-order chi connectivity index (χ1) is 12.5. The average Bonchev–Trinajstić information content (AvgIpc) is 3.15. The first-order valence-corrected chi connectivity index (χ1v) is 8.49. The van der Waals surface area contributed by atoms with E-state index in [0.29, 0.717) is 28.6 Å². The summed E-state index contributed by atoms with van der Waals surface area (Å²) in [7, 11) is 0. The Hall–Kier alpha value is -2.86. The molecule has 0 aliphatic rings. The lowest BCUT2D eigenvalue weighted by Gasteiger charge is -2.04. The lowest BCUT2D eigenvalue weighted by atomic mass is 10.1. The van der Waals surface area contributed by atoms with Crippen LogP contribution in [0.4, 0.5) is 0 Å². The number of hydrogen-bond acceptors (Lipinski definition) is 4. The number of furan rings is 1. The van der Waals surface area contributed by atoms with Crippen molar-refractivity contribution in [1.29, 1.82) is 0 Å². The van der Waals surface area contributed by atoms with Crippen LogP contribution in [0.15, 0.2) is 46.1 Å². The number of carbonyl (C=O) groups excluding carboxylic acids is 1. The van der Waals surface area contributed by atoms with Crippen molar-refractivity contribution >= 4 is 23.7 Å². The van der Waals surface area contributed by atoms with Crippen LogP contribution < -0.4 is 5.43 Å². The molecule has 6 nitrogen and oxygen atoms in total. The number of hydrazone groups is 1. The van der Waals surface area contributed by atoms with Gasteiger partial charge in [0.1, 0.15) is 10.9 Å². The van der Waals surface area contributed by atoms with Gasteiger partial charge in [-0.1, -0.05) is 41.4 Å². The fraction of sp³-hybridized carbons (Fsp3) is 0.211. The van der Waals surface area contributed by atoms with E-state index in [-0.39, 0.29) is 5.91 Å². The van der Waals surface area contributed by atoms with Gasteiger partial charge < -0.3 is 4.42 Å². The van der Waals surface area contributed by atoms with Crippen LogP contribution in [-0.4, -0.2) is 21.9 Å². The van der Waals surface area contributed by atoms with Crippen LogP contribution in [0.1, 0.15) is 38.5 Å². The second-order valence-corrected chi connectivity index (χ2v) is 6.38. The molecule has 0 spiro atoms. The predicted molar refractivity (Wildman–Crippen MR) is 101 cm³/mol. The van der Waals surface area contributed by atoms with E-state index >= 15 is 0 Å². The Labute approximate surface area is 156 Å². The van der Waals surface area contributed by atoms with E-state index in [9.17, 15) is 4.79 Å². The molecule has 0 aliphatic heterocycles. The summed E-state index contributed by atoms with van der Waals surface area (Å²) in [5, 5.41) is 8.92. The zero-order chi connectivity index (χ0) is 18.7. The van der Waals surface area contributed by atoms with Crippen molar-refractivity contribution in [2.24, 2.45) is 5.10 Å². The number of amides is 1. The highest BCUT2D eigenvalue weighted by Crippen LogP contribution is 2.19. The Morgan fingerprint density at radius 3 is 2.65 bits per heavy atom. The van der Waals surface area contributed by atoms with Crippen LogP contribution in [0.2, 0.25) is 5.15 Å². The molecular formula is C19H19ClN4O2. The number of aryl methyl sites for hydroxylation is 3. The molecule has 26 heavy (non-hydrogen) atoms. The summed E-state index contributed by atoms with van der Waals surface area (Å²) >= 11 is 6.43. The third-order valence-corrected chi connectivity index (χ3v) is 4.42. The van der Waals surface area contributed by atoms with Gasteiger partial charge in [-0.3, -0.25) is 4.79 Å². The lowest BCUT2D eigenvalue weighted by Crippen LogP contribution is -2.17. The Morgan fingerprint density at radius 1 is 1.27 bits per heavy atom. The van der Waals surface area contributed by atoms with Crippen LogP contribution in [0, 0.1) is 20.8 Å². The van der Waals surface area contributed by atoms with Crippen molar-refractivity contribution in [3.8, 4) is 0 Å². The minimum Gasteiger partial charge on any atom is -0.469 e. The largest absolute Gasteiger partial charge is 0.469 e. The summed E-state index contributed by atoms with van der Waals surface area (Å²) in [4.78, 5) is 12.0. The molecule has 0 unspecified atom stereocenters. The molecule has 1 amide bonds. The fourth-order valence-electron chi connectivity index (χ4n) is 2.52. The van der Waals surface area contributed by atoms with Crippen molar-refractivity contribution in [3.63, 3.8) is 0 Å². The van der Waals surface area contributed by atoms with Crippen molar-refractivity contribution in [1.82, 2.24) is 15.2 Å². The highest BCUT2D eigenvalue weighted by molar-refractivity contribution is 6.32. The molecule has 7 heteroatoms. The number of nitrogens with one attached hydrogen (secondary N) is 1. The van der Waals surface area contributed by atoms with Gasteiger partial charge in [-0.2, -0.15) is 10.2 Å². The maximum atomic E-state index is 12.0. The van der Waals surface area contributed by atoms with Gasteiger partial charge in [0.25, 0.3) is 5.91 Å². The van der Waals surface area contributed by atoms with Crippen molar-refractivity contribution in [3.05, 3.63) is 75.5 Å². The molecule has 0 bridgehead atoms. The molecule has 0 atom stereocenters. The fourth-order valence-corrected chi connectivity index (χ4v) is 2.80. The van der Waals surface area contributed by atoms with Crippen molar-refractivity contribution < 1.29 is 9.21 Å². The molecule has 3 rings (SSSR count). The number of hydrogen-bond donors (Lipinski definition) is 1. The standard InChI is InChI=1S/C19H19ClN4O2/c1-12-4-6-15(7-5-12)11-24-18(20)17(13(2)23-24)10-21-22-19(25)16-8-9-26-14(16)3/h4-10H,11H2,1-3H3,(H,22,25)/b21-10-. The highest BCUT2D eigenvalue weighted by atomic mass is 35.5. The lowest BCUT2D eigenvalue weighted by molar-refractivity contribution is 0.0953. The van der Waals surface area contributed by atoms with Crippen LogP contribution >= 0.6 is 11.6 Å². The Morgan fingerprint density at radius 2 is 2.00 bits per heavy atom. The average molecular weight is 371 g/mol. The molecule has 134 valence electrons. The topological polar surface area (TPSA) is 72.4 Å². The second kappa shape index (κ2) is 7.58. The molecule has 0 fully saturated rings. The Balaban J connectivity index is 1.72. The van der Waals surface area contributed by atoms with Gasteiger partial charge in [-0.15, -0.1) is 0 Å². The normalized spacial score (nSPS) is 11.2. The maximum Gasteiger partial charge on any atom is 0.274 e. The molecule has 0 saturated heterocycles. The Bertz CT molecular complexity index is 955. The number of halogens is 1. The third-order valence-electron chi connectivity index (χ3n) is 4.03. The van der Waals surface area contributed by atoms with Crippen molar-refractivity contribution in [2.45, 2.75) is 27.3 Å². The van der Waals surface area contributed by atoms with E-state index in [1.54, 1.807) is 17.7 Å². The van der Waals surface area contributed by atoms with Crippen LogP contribution in [0.5, 0.6) is 0 Å². The smallest absolute Gasteiger partial charge is 0.274 e. The monoisotopic (exact) mass is 370 g/mol. The summed E-state index contributed by atoms with van der Waals surface area (Å²) in [6.45, 7) is 6.17. The van der Waals surface area contributed by atoms with Crippen LogP contribution in [-0.2, 0) is 6.54 Å². The number of aromatic nitrogens is 2. The second-order valence-electron chi connectivity index (χ2n) is 6.02. The summed E-state index contributed by atoms with van der Waals surface area (Å²) in [6.07, 6.45) is 2.97. The van der Waals surface area contributed by atoms with Crippen molar-refractivity contribution in [2.75, 3.05) is 0 Å². The van der Waals surface area contributed by atoms with E-state index < -0.39 is 0 Å². The number of nitrogens with zero attached hydrogens (tertiary/aromatic N) is 3. The molecule has 2 aromatic heterocycles. The van der Waals surface area contributed by atoms with E-state index in [0.717, 1.165) is 11.3 Å². The zero-order valence-corrected chi connectivity index (χ0v) is 15.5. The van der Waals surface area contributed by atoms with Gasteiger partial charge in [-0.05, 0) is 32.4 Å². The van der Waals surface area contributed by atoms with E-state index in [2.05, 4.69) is 27.8 Å². The zero-order valence-electron chi connectivity index (χ0n) is 14.8. The van der Waals surface area contributed by atoms with E-state index in [1.807, 2.05) is 26.0 Å². The third kappa shape index (κ3) is 3.86. The Kier molecular flexibility index (Phi) is 5.23. The minimum atomic E-state index is -0.340. The molecule has 1 N–H and O–H groups in total. The summed E-state index contributed by atoms with van der Waals surface area (Å²) in [6, 6.07) is 9.79. The van der Waals surface area contributed by atoms with Gasteiger partial charge in [0.2, 0.25) is 0 Å². The van der Waals surface area contributed by atoms with E-state index in [1.165, 1.54) is 18.0 Å². The molecular weight excluding hydrogens is 352 g/mol. The number of carbonyl (C=O) groups is 1. The maximum absolute atomic E-state index is 12.0. The van der Waals surface area contributed by atoms with Crippen LogP contribution in [0.25, 0.3) is 0 Å². The summed E-state index contributed by atoms with van der Waals surface area (Å²) in [5.41, 5.74) is 6.62. The predicted octanol–water partition coefficient (Wildman–Crippen LogP) is 3.87. The van der Waals surface area contributed by atoms with Gasteiger partial charge >= 0.3 is 0 Å². The van der Waals surface area contributed by atoms with Gasteiger partial charge in [0.05, 0.1) is 35.8 Å². The highest BCUT2D eigenvalue weighted by Gasteiger charge is 2.13. The molecule has 0 aliphatic carbocycles. The number of rotatable bonds is 5. The first-order valence-electron chi connectivity index (χ1n) is 8.11. The first kappa shape index (κ1) is 17.9. The van der Waals surface area contributed by atoms with Gasteiger partial charge in [0.15, 0.2) is 0 Å². The SMILES string of the molecule is Cc1ccc(Cn2nc(C)c(/C=N\NC(=O)c3ccoc3C)c2Cl)cc1. The molecule has 0 radical (unpaired) electrons. The van der Waals surface area contributed by atoms with Gasteiger partial charge in [0, 0.05) is 0 Å².